The zero-order valence-corrected chi connectivity index (χ0v) is 10.5. The number of ether oxygens (including phenoxy) is 1. The van der Waals surface area contributed by atoms with E-state index in [0.717, 1.165) is 12.1 Å². The van der Waals surface area contributed by atoms with Crippen molar-refractivity contribution in [3.05, 3.63) is 29.3 Å². The number of amides is 1. The number of benzene rings is 1. The van der Waals surface area contributed by atoms with Crippen LogP contribution in [0.2, 0.25) is 0 Å². The number of morpholine rings is 1. The summed E-state index contributed by atoms with van der Waals surface area (Å²) >= 11 is 0. The molecule has 2 rings (SSSR count). The average molecular weight is 289 g/mol. The number of hydrogen-bond acceptors (Lipinski definition) is 4. The monoisotopic (exact) mass is 289 g/mol. The van der Waals surface area contributed by atoms with Gasteiger partial charge in [-0.05, 0) is 18.2 Å². The first kappa shape index (κ1) is 14.6. The third kappa shape index (κ3) is 3.40. The van der Waals surface area contributed by atoms with Crippen LogP contribution in [0.5, 0.6) is 0 Å². The van der Waals surface area contributed by atoms with Crippen LogP contribution in [0.25, 0.3) is 0 Å². The number of nitrogens with zero attached hydrogens (tertiary/aromatic N) is 1. The molecule has 0 aliphatic carbocycles. The molecule has 1 aromatic carbocycles. The Labute approximate surface area is 113 Å². The highest BCUT2D eigenvalue weighted by atomic mass is 19.4. The van der Waals surface area contributed by atoms with Crippen molar-refractivity contribution in [1.82, 2.24) is 10.4 Å². The molecule has 1 saturated heterocycles. The molecule has 0 aromatic heterocycles. The zero-order chi connectivity index (χ0) is 14.8. The van der Waals surface area contributed by atoms with E-state index in [1.807, 2.05) is 0 Å². The molecule has 110 valence electrons. The van der Waals surface area contributed by atoms with Gasteiger partial charge >= 0.3 is 6.18 Å². The maximum Gasteiger partial charge on any atom is 0.418 e. The van der Waals surface area contributed by atoms with E-state index < -0.39 is 23.3 Å². The third-order valence-electron chi connectivity index (χ3n) is 2.89. The number of alkyl halides is 3. The van der Waals surface area contributed by atoms with Gasteiger partial charge in [0.25, 0.3) is 5.91 Å². The number of rotatable bonds is 2. The summed E-state index contributed by atoms with van der Waals surface area (Å²) in [6.07, 6.45) is -4.58. The van der Waals surface area contributed by atoms with Gasteiger partial charge in [0.05, 0.1) is 18.8 Å². The van der Waals surface area contributed by atoms with Crippen LogP contribution < -0.4 is 11.2 Å². The Morgan fingerprint density at radius 2 is 1.95 bits per heavy atom. The van der Waals surface area contributed by atoms with E-state index in [9.17, 15) is 18.0 Å². The van der Waals surface area contributed by atoms with Crippen molar-refractivity contribution in [2.45, 2.75) is 6.18 Å². The number of carbonyl (C=O) groups excluding carboxylic acids is 1. The molecule has 0 saturated carbocycles. The van der Waals surface area contributed by atoms with Crippen molar-refractivity contribution in [3.63, 3.8) is 0 Å². The Morgan fingerprint density at radius 1 is 1.30 bits per heavy atom. The van der Waals surface area contributed by atoms with Crippen LogP contribution in [0.4, 0.5) is 18.9 Å². The SMILES string of the molecule is Nc1ccc(C(=O)NN2CCOCC2)cc1C(F)(F)F. The molecule has 1 fully saturated rings. The van der Waals surface area contributed by atoms with Gasteiger partial charge in [-0.2, -0.15) is 13.2 Å². The Morgan fingerprint density at radius 3 is 2.55 bits per heavy atom. The van der Waals surface area contributed by atoms with Crippen LogP contribution in [0.15, 0.2) is 18.2 Å². The molecule has 0 unspecified atom stereocenters. The normalized spacial score (nSPS) is 16.9. The molecule has 1 amide bonds. The Balaban J connectivity index is 2.13. The molecule has 1 aliphatic heterocycles. The zero-order valence-electron chi connectivity index (χ0n) is 10.5. The van der Waals surface area contributed by atoms with E-state index in [0.29, 0.717) is 26.3 Å². The van der Waals surface area contributed by atoms with Gasteiger partial charge < -0.3 is 10.5 Å². The third-order valence-corrected chi connectivity index (χ3v) is 2.89. The molecule has 0 atom stereocenters. The minimum absolute atomic E-state index is 0.0852. The topological polar surface area (TPSA) is 67.6 Å². The van der Waals surface area contributed by atoms with Crippen LogP contribution >= 0.6 is 0 Å². The summed E-state index contributed by atoms with van der Waals surface area (Å²) in [5.74, 6) is -0.600. The predicted molar refractivity (Wildman–Crippen MR) is 65.7 cm³/mol. The fraction of sp³-hybridized carbons (Fsp3) is 0.417. The van der Waals surface area contributed by atoms with E-state index in [1.54, 1.807) is 5.01 Å². The first-order chi connectivity index (χ1) is 9.38. The van der Waals surface area contributed by atoms with Gasteiger partial charge in [-0.3, -0.25) is 10.2 Å². The summed E-state index contributed by atoms with van der Waals surface area (Å²) in [6, 6.07) is 3.10. The lowest BCUT2D eigenvalue weighted by Gasteiger charge is -2.27. The second kappa shape index (κ2) is 5.68. The van der Waals surface area contributed by atoms with Gasteiger partial charge in [0.15, 0.2) is 0 Å². The second-order valence-corrected chi connectivity index (χ2v) is 4.34. The number of hydrazine groups is 1. The number of anilines is 1. The van der Waals surface area contributed by atoms with Crippen molar-refractivity contribution >= 4 is 11.6 Å². The Kier molecular flexibility index (Phi) is 4.15. The number of hydrogen-bond donors (Lipinski definition) is 2. The molecule has 0 spiro atoms. The summed E-state index contributed by atoms with van der Waals surface area (Å²) in [5, 5.41) is 1.61. The average Bonchev–Trinajstić information content (AvgIpc) is 2.39. The minimum Gasteiger partial charge on any atom is -0.398 e. The summed E-state index contributed by atoms with van der Waals surface area (Å²) < 4.78 is 43.2. The van der Waals surface area contributed by atoms with Gasteiger partial charge in [-0.25, -0.2) is 5.01 Å². The largest absolute Gasteiger partial charge is 0.418 e. The molecular weight excluding hydrogens is 275 g/mol. The number of nitrogen functional groups attached to an aromatic ring is 1. The molecule has 0 radical (unpaired) electrons. The van der Waals surface area contributed by atoms with Crippen LogP contribution in [-0.2, 0) is 10.9 Å². The first-order valence-electron chi connectivity index (χ1n) is 5.98. The maximum atomic E-state index is 12.7. The van der Waals surface area contributed by atoms with Crippen molar-refractivity contribution in [3.8, 4) is 0 Å². The van der Waals surface area contributed by atoms with Crippen LogP contribution in [0.1, 0.15) is 15.9 Å². The van der Waals surface area contributed by atoms with Crippen LogP contribution in [-0.4, -0.2) is 37.2 Å². The molecule has 1 heterocycles. The standard InChI is InChI=1S/C12H14F3N3O2/c13-12(14,15)9-7-8(1-2-10(9)16)11(19)17-18-3-5-20-6-4-18/h1-2,7H,3-6,16H2,(H,17,19). The number of carbonyl (C=O) groups is 1. The van der Waals surface area contributed by atoms with Crippen molar-refractivity contribution in [1.29, 1.82) is 0 Å². The minimum atomic E-state index is -4.58. The summed E-state index contributed by atoms with van der Waals surface area (Å²) in [7, 11) is 0. The molecule has 5 nitrogen and oxygen atoms in total. The predicted octanol–water partition coefficient (Wildman–Crippen LogP) is 1.26. The smallest absolute Gasteiger partial charge is 0.398 e. The van der Waals surface area contributed by atoms with Crippen molar-refractivity contribution in [2.75, 3.05) is 32.0 Å². The van der Waals surface area contributed by atoms with E-state index >= 15 is 0 Å². The fourth-order valence-corrected chi connectivity index (χ4v) is 1.83. The van der Waals surface area contributed by atoms with Gasteiger partial charge in [-0.15, -0.1) is 0 Å². The van der Waals surface area contributed by atoms with E-state index in [1.165, 1.54) is 6.07 Å². The summed E-state index contributed by atoms with van der Waals surface area (Å²) in [5.41, 5.74) is 6.33. The number of halogens is 3. The van der Waals surface area contributed by atoms with Gasteiger partial charge in [0.1, 0.15) is 0 Å². The maximum absolute atomic E-state index is 12.7. The lowest BCUT2D eigenvalue weighted by atomic mass is 10.1. The molecule has 3 N–H and O–H groups in total. The summed E-state index contributed by atoms with van der Waals surface area (Å²) in [6.45, 7) is 1.92. The van der Waals surface area contributed by atoms with Crippen molar-refractivity contribution < 1.29 is 22.7 Å². The highest BCUT2D eigenvalue weighted by Gasteiger charge is 2.33. The molecule has 20 heavy (non-hydrogen) atoms. The number of nitrogens with two attached hydrogens (primary N) is 1. The molecular formula is C12H14F3N3O2. The molecule has 1 aliphatic rings. The number of nitrogens with one attached hydrogen (secondary N) is 1. The van der Waals surface area contributed by atoms with E-state index in [2.05, 4.69) is 5.43 Å². The van der Waals surface area contributed by atoms with Crippen LogP contribution in [0.3, 0.4) is 0 Å². The first-order valence-corrected chi connectivity index (χ1v) is 5.98. The molecule has 0 bridgehead atoms. The molecule has 8 heteroatoms. The van der Waals surface area contributed by atoms with Crippen LogP contribution in [0, 0.1) is 0 Å². The van der Waals surface area contributed by atoms with Crippen molar-refractivity contribution in [2.24, 2.45) is 0 Å². The quantitative estimate of drug-likeness (QED) is 0.804. The highest BCUT2D eigenvalue weighted by molar-refractivity contribution is 5.94. The Hall–Kier alpha value is -1.80. The Bertz CT molecular complexity index is 499. The van der Waals surface area contributed by atoms with E-state index in [4.69, 9.17) is 10.5 Å². The molecule has 1 aromatic rings. The van der Waals surface area contributed by atoms with Gasteiger partial charge in [0.2, 0.25) is 0 Å². The van der Waals surface area contributed by atoms with Gasteiger partial charge in [-0.1, -0.05) is 0 Å². The second-order valence-electron chi connectivity index (χ2n) is 4.34. The highest BCUT2D eigenvalue weighted by Crippen LogP contribution is 2.33. The van der Waals surface area contributed by atoms with Gasteiger partial charge in [0, 0.05) is 24.3 Å². The summed E-state index contributed by atoms with van der Waals surface area (Å²) in [4.78, 5) is 11.9. The fourth-order valence-electron chi connectivity index (χ4n) is 1.83. The van der Waals surface area contributed by atoms with E-state index in [-0.39, 0.29) is 5.56 Å². The lowest BCUT2D eigenvalue weighted by Crippen LogP contribution is -2.48. The lowest BCUT2D eigenvalue weighted by molar-refractivity contribution is -0.136.